The number of aliphatic hydroxyl groups excluding tert-OH is 2. The molecule has 5 rings (SSSR count). The van der Waals surface area contributed by atoms with Crippen LogP contribution in [0.5, 0.6) is 0 Å². The van der Waals surface area contributed by atoms with Crippen LogP contribution < -0.4 is 0 Å². The average Bonchev–Trinajstić information content (AvgIpc) is 3.33. The van der Waals surface area contributed by atoms with Crippen molar-refractivity contribution in [3.63, 3.8) is 0 Å². The summed E-state index contributed by atoms with van der Waals surface area (Å²) in [5.41, 5.74) is 10.8. The molecular formula is C37H42O6. The first kappa shape index (κ1) is 31.1. The number of fused-ring (bicyclic) bond motifs is 3. The Morgan fingerprint density at radius 3 is 1.37 bits per heavy atom. The molecule has 6 nitrogen and oxygen atoms in total. The second-order valence-electron chi connectivity index (χ2n) is 11.0. The summed E-state index contributed by atoms with van der Waals surface area (Å²) in [5.74, 6) is 0. The van der Waals surface area contributed by atoms with Crippen molar-refractivity contribution in [2.45, 2.75) is 31.5 Å². The lowest BCUT2D eigenvalue weighted by Gasteiger charge is -2.33. The van der Waals surface area contributed by atoms with E-state index in [2.05, 4.69) is 60.7 Å². The van der Waals surface area contributed by atoms with Crippen LogP contribution in [0.3, 0.4) is 0 Å². The minimum atomic E-state index is -0.347. The first-order chi connectivity index (χ1) is 21.1. The summed E-state index contributed by atoms with van der Waals surface area (Å²) in [5, 5.41) is 19.6. The molecule has 226 valence electrons. The Hall–Kier alpha value is -3.36. The van der Waals surface area contributed by atoms with Gasteiger partial charge in [-0.05, 0) is 92.7 Å². The molecule has 43 heavy (non-hydrogen) atoms. The van der Waals surface area contributed by atoms with Crippen molar-refractivity contribution >= 4 is 0 Å². The van der Waals surface area contributed by atoms with Gasteiger partial charge in [0.05, 0.1) is 39.6 Å². The van der Waals surface area contributed by atoms with Crippen LogP contribution in [0.15, 0.2) is 84.9 Å². The lowest BCUT2D eigenvalue weighted by atomic mass is 9.72. The number of benzene rings is 4. The van der Waals surface area contributed by atoms with Crippen molar-refractivity contribution in [3.8, 4) is 33.4 Å². The van der Waals surface area contributed by atoms with Crippen molar-refractivity contribution in [3.05, 3.63) is 107 Å². The summed E-state index contributed by atoms with van der Waals surface area (Å²) in [7, 11) is 3.37. The first-order valence-corrected chi connectivity index (χ1v) is 15.0. The predicted molar refractivity (Wildman–Crippen MR) is 170 cm³/mol. The molecular weight excluding hydrogens is 540 g/mol. The smallest absolute Gasteiger partial charge is 0.0700 e. The van der Waals surface area contributed by atoms with Gasteiger partial charge in [0, 0.05) is 32.8 Å². The van der Waals surface area contributed by atoms with Crippen LogP contribution in [-0.4, -0.2) is 64.1 Å². The Labute approximate surface area is 254 Å². The third-order valence-corrected chi connectivity index (χ3v) is 8.46. The zero-order valence-electron chi connectivity index (χ0n) is 25.2. The lowest BCUT2D eigenvalue weighted by Crippen LogP contribution is -2.30. The third-order valence-electron chi connectivity index (χ3n) is 8.46. The normalized spacial score (nSPS) is 13.2. The number of methoxy groups -OCH3 is 2. The standard InChI is InChI=1S/C37H42O6/c1-40-17-19-42-15-13-37(14-16-43-20-18-41-2)35-23-31(29-7-3-5-27(21-29)25-38)9-11-33(35)34-12-10-32(24-36(34)37)30-8-4-6-28(22-30)26-39/h3-12,21-24,38-39H,13-20,25-26H2,1-2H3. The van der Waals surface area contributed by atoms with E-state index >= 15 is 0 Å². The SMILES string of the molecule is COCCOCCC1(CCOCCOC)c2cc(-c3cccc(CO)c3)ccc2-c2ccc(-c3cccc(CO)c3)cc21. The van der Waals surface area contributed by atoms with E-state index < -0.39 is 0 Å². The number of aliphatic hydroxyl groups is 2. The fourth-order valence-corrected chi connectivity index (χ4v) is 6.20. The maximum Gasteiger partial charge on any atom is 0.0700 e. The Kier molecular flexibility index (Phi) is 10.8. The minimum Gasteiger partial charge on any atom is -0.392 e. The molecule has 0 saturated heterocycles. The second-order valence-corrected chi connectivity index (χ2v) is 11.0. The van der Waals surface area contributed by atoms with Crippen LogP contribution >= 0.6 is 0 Å². The van der Waals surface area contributed by atoms with Gasteiger partial charge in [0.25, 0.3) is 0 Å². The van der Waals surface area contributed by atoms with E-state index in [1.807, 2.05) is 24.3 Å². The summed E-state index contributed by atoms with van der Waals surface area (Å²) in [4.78, 5) is 0. The van der Waals surface area contributed by atoms with Gasteiger partial charge in [-0.1, -0.05) is 60.7 Å². The van der Waals surface area contributed by atoms with Crippen molar-refractivity contribution < 1.29 is 29.2 Å². The van der Waals surface area contributed by atoms with Crippen molar-refractivity contribution in [2.75, 3.05) is 53.9 Å². The lowest BCUT2D eigenvalue weighted by molar-refractivity contribution is 0.0491. The highest BCUT2D eigenvalue weighted by Crippen LogP contribution is 2.54. The summed E-state index contributed by atoms with van der Waals surface area (Å²) in [6.45, 7) is 3.35. The number of rotatable bonds is 16. The Balaban J connectivity index is 1.62. The zero-order chi connectivity index (χ0) is 30.1. The molecule has 0 unspecified atom stereocenters. The quantitative estimate of drug-likeness (QED) is 0.149. The highest BCUT2D eigenvalue weighted by atomic mass is 16.5. The molecule has 0 bridgehead atoms. The van der Waals surface area contributed by atoms with Gasteiger partial charge in [0.15, 0.2) is 0 Å². The van der Waals surface area contributed by atoms with Gasteiger partial charge in [0.1, 0.15) is 0 Å². The number of hydrogen-bond donors (Lipinski definition) is 2. The van der Waals surface area contributed by atoms with E-state index in [4.69, 9.17) is 18.9 Å². The first-order valence-electron chi connectivity index (χ1n) is 15.0. The van der Waals surface area contributed by atoms with Crippen molar-refractivity contribution in [1.29, 1.82) is 0 Å². The molecule has 1 aliphatic rings. The van der Waals surface area contributed by atoms with E-state index in [1.165, 1.54) is 22.3 Å². The largest absolute Gasteiger partial charge is 0.392 e. The molecule has 4 aromatic rings. The fourth-order valence-electron chi connectivity index (χ4n) is 6.20. The Morgan fingerprint density at radius 2 is 0.953 bits per heavy atom. The van der Waals surface area contributed by atoms with Crippen LogP contribution in [0.4, 0.5) is 0 Å². The van der Waals surface area contributed by atoms with Crippen LogP contribution in [0, 0.1) is 0 Å². The summed E-state index contributed by atoms with van der Waals surface area (Å²) >= 11 is 0. The molecule has 6 heteroatoms. The summed E-state index contributed by atoms with van der Waals surface area (Å²) in [6.07, 6.45) is 1.56. The molecule has 4 aromatic carbocycles. The number of ether oxygens (including phenoxy) is 4. The monoisotopic (exact) mass is 582 g/mol. The van der Waals surface area contributed by atoms with Crippen LogP contribution in [0.1, 0.15) is 35.1 Å². The molecule has 0 fully saturated rings. The van der Waals surface area contributed by atoms with Crippen molar-refractivity contribution in [2.24, 2.45) is 0 Å². The molecule has 0 aromatic heterocycles. The van der Waals surface area contributed by atoms with E-state index in [9.17, 15) is 10.2 Å². The van der Waals surface area contributed by atoms with E-state index in [1.54, 1.807) is 14.2 Å². The van der Waals surface area contributed by atoms with Crippen LogP contribution in [0.25, 0.3) is 33.4 Å². The van der Waals surface area contributed by atoms with Crippen molar-refractivity contribution in [1.82, 2.24) is 0 Å². The van der Waals surface area contributed by atoms with E-state index in [0.717, 1.165) is 46.2 Å². The molecule has 2 N–H and O–H groups in total. The van der Waals surface area contributed by atoms with Gasteiger partial charge in [-0.15, -0.1) is 0 Å². The van der Waals surface area contributed by atoms with E-state index in [-0.39, 0.29) is 18.6 Å². The molecule has 0 heterocycles. The molecule has 0 atom stereocenters. The van der Waals surface area contributed by atoms with Gasteiger partial charge >= 0.3 is 0 Å². The molecule has 0 saturated carbocycles. The Morgan fingerprint density at radius 1 is 0.512 bits per heavy atom. The topological polar surface area (TPSA) is 77.4 Å². The zero-order valence-corrected chi connectivity index (χ0v) is 25.2. The second kappa shape index (κ2) is 14.9. The molecule has 0 aliphatic heterocycles. The summed E-state index contributed by atoms with van der Waals surface area (Å²) < 4.78 is 22.6. The predicted octanol–water partition coefficient (Wildman–Crippen LogP) is 6.38. The highest BCUT2D eigenvalue weighted by Gasteiger charge is 2.43. The van der Waals surface area contributed by atoms with Gasteiger partial charge in [-0.3, -0.25) is 0 Å². The number of hydrogen-bond acceptors (Lipinski definition) is 6. The van der Waals surface area contributed by atoms with Gasteiger partial charge in [0.2, 0.25) is 0 Å². The van der Waals surface area contributed by atoms with Gasteiger partial charge < -0.3 is 29.2 Å². The van der Waals surface area contributed by atoms with E-state index in [0.29, 0.717) is 39.6 Å². The highest BCUT2D eigenvalue weighted by molar-refractivity contribution is 5.86. The Bertz CT molecular complexity index is 1380. The minimum absolute atomic E-state index is 0.00600. The summed E-state index contributed by atoms with van der Waals surface area (Å²) in [6, 6.07) is 29.7. The van der Waals surface area contributed by atoms with Crippen LogP contribution in [-0.2, 0) is 37.6 Å². The van der Waals surface area contributed by atoms with Gasteiger partial charge in [-0.25, -0.2) is 0 Å². The fraction of sp³-hybridized carbons (Fsp3) is 0.351. The molecule has 1 aliphatic carbocycles. The van der Waals surface area contributed by atoms with Crippen LogP contribution in [0.2, 0.25) is 0 Å². The molecule has 0 radical (unpaired) electrons. The maximum absolute atomic E-state index is 9.78. The molecule has 0 spiro atoms. The molecule has 0 amide bonds. The maximum atomic E-state index is 9.78. The van der Waals surface area contributed by atoms with Gasteiger partial charge in [-0.2, -0.15) is 0 Å². The average molecular weight is 583 g/mol. The third kappa shape index (κ3) is 6.91.